The smallest absolute Gasteiger partial charge is 0.223 e. The fourth-order valence-corrected chi connectivity index (χ4v) is 2.64. The van der Waals surface area contributed by atoms with Gasteiger partial charge in [0.15, 0.2) is 5.78 Å². The summed E-state index contributed by atoms with van der Waals surface area (Å²) in [7, 11) is 0. The summed E-state index contributed by atoms with van der Waals surface area (Å²) in [6.07, 6.45) is 5.48. The number of nitrogens with one attached hydrogen (secondary N) is 2. The number of carbonyl (C=O) groups is 2. The van der Waals surface area contributed by atoms with Gasteiger partial charge in [0, 0.05) is 18.4 Å². The van der Waals surface area contributed by atoms with Crippen molar-refractivity contribution in [3.8, 4) is 0 Å². The molecular weight excluding hydrogens is 314 g/mol. The number of halogens is 1. The molecule has 1 amide bonds. The van der Waals surface area contributed by atoms with E-state index in [1.165, 1.54) is 18.1 Å². The Morgan fingerprint density at radius 1 is 1.22 bits per heavy atom. The number of carbonyl (C=O) groups excluding carboxylic acids is 2. The van der Waals surface area contributed by atoms with Crippen molar-refractivity contribution in [2.24, 2.45) is 11.8 Å². The number of nitrogens with zero attached hydrogens (tertiary/aromatic N) is 1. The molecule has 0 aliphatic heterocycles. The maximum absolute atomic E-state index is 12.0. The molecule has 1 fully saturated rings. The number of Topliss-reactive ketones (excluding diaryl/α,β-unsaturated/α-hetero) is 1. The van der Waals surface area contributed by atoms with Crippen LogP contribution in [0, 0.1) is 11.8 Å². The lowest BCUT2D eigenvalue weighted by atomic mass is 10.1. The molecule has 1 heterocycles. The molecule has 0 unspecified atom stereocenters. The monoisotopic (exact) mass is 333 g/mol. The first-order valence-electron chi connectivity index (χ1n) is 7.60. The van der Waals surface area contributed by atoms with Crippen LogP contribution < -0.4 is 5.32 Å². The maximum atomic E-state index is 12.0. The van der Waals surface area contributed by atoms with Crippen LogP contribution in [0.5, 0.6) is 0 Å². The van der Waals surface area contributed by atoms with Gasteiger partial charge in [0.05, 0.1) is 12.5 Å². The molecule has 1 aromatic carbocycles. The molecule has 0 bridgehead atoms. The summed E-state index contributed by atoms with van der Waals surface area (Å²) in [4.78, 5) is 30.7. The zero-order chi connectivity index (χ0) is 15.4. The molecule has 0 spiro atoms. The number of ketones is 1. The summed E-state index contributed by atoms with van der Waals surface area (Å²) in [5, 5.41) is 2.93. The number of aromatic nitrogens is 2. The first kappa shape index (κ1) is 17.2. The average Bonchev–Trinajstić information content (AvgIpc) is 3.16. The second-order valence-corrected chi connectivity index (χ2v) is 5.66. The van der Waals surface area contributed by atoms with Crippen LogP contribution in [0.25, 0.3) is 0 Å². The molecule has 23 heavy (non-hydrogen) atoms. The predicted molar refractivity (Wildman–Crippen MR) is 89.5 cm³/mol. The van der Waals surface area contributed by atoms with Crippen molar-refractivity contribution >= 4 is 24.1 Å². The van der Waals surface area contributed by atoms with Gasteiger partial charge in [0.1, 0.15) is 5.69 Å². The maximum Gasteiger partial charge on any atom is 0.223 e. The van der Waals surface area contributed by atoms with Gasteiger partial charge in [0.25, 0.3) is 0 Å². The third-order valence-electron chi connectivity index (χ3n) is 4.01. The number of benzene rings is 1. The molecule has 1 aromatic heterocycles. The van der Waals surface area contributed by atoms with Crippen molar-refractivity contribution in [3.63, 3.8) is 0 Å². The van der Waals surface area contributed by atoms with Crippen molar-refractivity contribution in [2.75, 3.05) is 6.54 Å². The summed E-state index contributed by atoms with van der Waals surface area (Å²) in [6, 6.07) is 10.2. The van der Waals surface area contributed by atoms with Crippen LogP contribution in [0.1, 0.15) is 28.9 Å². The van der Waals surface area contributed by atoms with Gasteiger partial charge in [-0.3, -0.25) is 9.59 Å². The van der Waals surface area contributed by atoms with E-state index >= 15 is 0 Å². The van der Waals surface area contributed by atoms with E-state index in [2.05, 4.69) is 27.4 Å². The van der Waals surface area contributed by atoms with Crippen LogP contribution in [0.3, 0.4) is 0 Å². The van der Waals surface area contributed by atoms with E-state index in [0.717, 1.165) is 12.8 Å². The SMILES string of the molecule is Cl.O=C(c1cnc[nH]1)[C@H]1C[C@H]1C(=O)NCCCc1ccccc1. The number of rotatable bonds is 7. The summed E-state index contributed by atoms with van der Waals surface area (Å²) in [6.45, 7) is 0.648. The number of H-pyrrole nitrogens is 1. The van der Waals surface area contributed by atoms with Crippen LogP contribution in [0.2, 0.25) is 0 Å². The zero-order valence-corrected chi connectivity index (χ0v) is 13.5. The molecule has 2 atom stereocenters. The largest absolute Gasteiger partial charge is 0.356 e. The minimum atomic E-state index is -0.186. The lowest BCUT2D eigenvalue weighted by molar-refractivity contribution is -0.122. The van der Waals surface area contributed by atoms with Gasteiger partial charge in [-0.25, -0.2) is 4.98 Å². The van der Waals surface area contributed by atoms with Crippen LogP contribution in [-0.2, 0) is 11.2 Å². The number of hydrogen-bond acceptors (Lipinski definition) is 3. The first-order chi connectivity index (χ1) is 10.8. The van der Waals surface area contributed by atoms with Crippen molar-refractivity contribution in [1.29, 1.82) is 0 Å². The molecule has 6 heteroatoms. The van der Waals surface area contributed by atoms with Crippen molar-refractivity contribution < 1.29 is 9.59 Å². The number of imidazole rings is 1. The van der Waals surface area contributed by atoms with Crippen LogP contribution in [0.4, 0.5) is 0 Å². The van der Waals surface area contributed by atoms with E-state index in [-0.39, 0.29) is 35.9 Å². The molecule has 0 radical (unpaired) electrons. The second-order valence-electron chi connectivity index (χ2n) is 5.66. The van der Waals surface area contributed by atoms with Gasteiger partial charge in [0.2, 0.25) is 5.91 Å². The van der Waals surface area contributed by atoms with E-state index in [1.807, 2.05) is 18.2 Å². The van der Waals surface area contributed by atoms with Gasteiger partial charge in [-0.2, -0.15) is 0 Å². The summed E-state index contributed by atoms with van der Waals surface area (Å²) in [5.74, 6) is -0.380. The average molecular weight is 334 g/mol. The molecule has 2 N–H and O–H groups in total. The Bertz CT molecular complexity index is 643. The highest BCUT2D eigenvalue weighted by Crippen LogP contribution is 2.40. The molecule has 1 aliphatic carbocycles. The minimum Gasteiger partial charge on any atom is -0.356 e. The molecule has 122 valence electrons. The Morgan fingerprint density at radius 3 is 2.70 bits per heavy atom. The van der Waals surface area contributed by atoms with E-state index in [9.17, 15) is 9.59 Å². The first-order valence-corrected chi connectivity index (χ1v) is 7.60. The molecular formula is C17H20ClN3O2. The summed E-state index contributed by atoms with van der Waals surface area (Å²) >= 11 is 0. The summed E-state index contributed by atoms with van der Waals surface area (Å²) in [5.41, 5.74) is 1.76. The van der Waals surface area contributed by atoms with Gasteiger partial charge in [-0.05, 0) is 24.8 Å². The Labute approximate surface area is 141 Å². The van der Waals surface area contributed by atoms with E-state index in [4.69, 9.17) is 0 Å². The number of hydrogen-bond donors (Lipinski definition) is 2. The van der Waals surface area contributed by atoms with Crippen molar-refractivity contribution in [1.82, 2.24) is 15.3 Å². The van der Waals surface area contributed by atoms with Crippen LogP contribution in [0.15, 0.2) is 42.9 Å². The van der Waals surface area contributed by atoms with Crippen LogP contribution >= 0.6 is 12.4 Å². The number of amides is 1. The third-order valence-corrected chi connectivity index (χ3v) is 4.01. The molecule has 1 aliphatic rings. The lowest BCUT2D eigenvalue weighted by Gasteiger charge is -2.05. The van der Waals surface area contributed by atoms with Gasteiger partial charge in [-0.1, -0.05) is 30.3 Å². The Hall–Kier alpha value is -2.14. The lowest BCUT2D eigenvalue weighted by Crippen LogP contribution is -2.27. The Balaban J connectivity index is 0.00000192. The normalized spacial score (nSPS) is 18.8. The fourth-order valence-electron chi connectivity index (χ4n) is 2.64. The number of aromatic amines is 1. The minimum absolute atomic E-state index is 0. The molecule has 2 aromatic rings. The standard InChI is InChI=1S/C17H19N3O2.ClH/c21-16(15-10-18-11-20-15)13-9-14(13)17(22)19-8-4-7-12-5-2-1-3-6-12;/h1-3,5-6,10-11,13-14H,4,7-9H2,(H,18,20)(H,19,22);1H/t13-,14+;/m0./s1. The molecule has 1 saturated carbocycles. The molecule has 0 saturated heterocycles. The number of aryl methyl sites for hydroxylation is 1. The van der Waals surface area contributed by atoms with E-state index in [0.29, 0.717) is 18.7 Å². The van der Waals surface area contributed by atoms with E-state index in [1.54, 1.807) is 0 Å². The Kier molecular flexibility index (Phi) is 5.93. The Morgan fingerprint density at radius 2 is 2.00 bits per heavy atom. The van der Waals surface area contributed by atoms with Gasteiger partial charge in [-0.15, -0.1) is 12.4 Å². The van der Waals surface area contributed by atoms with Crippen molar-refractivity contribution in [3.05, 3.63) is 54.1 Å². The van der Waals surface area contributed by atoms with Crippen LogP contribution in [-0.4, -0.2) is 28.2 Å². The van der Waals surface area contributed by atoms with Gasteiger partial charge >= 0.3 is 0 Å². The van der Waals surface area contributed by atoms with Crippen molar-refractivity contribution in [2.45, 2.75) is 19.3 Å². The van der Waals surface area contributed by atoms with Gasteiger partial charge < -0.3 is 10.3 Å². The predicted octanol–water partition coefficient (Wildman–Crippen LogP) is 2.40. The highest BCUT2D eigenvalue weighted by atomic mass is 35.5. The topological polar surface area (TPSA) is 74.8 Å². The fraction of sp³-hybridized carbons (Fsp3) is 0.353. The zero-order valence-electron chi connectivity index (χ0n) is 12.7. The van der Waals surface area contributed by atoms with E-state index < -0.39 is 0 Å². The second kappa shape index (κ2) is 7.92. The highest BCUT2D eigenvalue weighted by molar-refractivity contribution is 6.02. The molecule has 5 nitrogen and oxygen atoms in total. The quantitative estimate of drug-likeness (QED) is 0.603. The summed E-state index contributed by atoms with van der Waals surface area (Å²) < 4.78 is 0. The third kappa shape index (κ3) is 4.42. The highest BCUT2D eigenvalue weighted by Gasteiger charge is 2.48. The molecule has 3 rings (SSSR count).